The number of nitrogens with zero attached hydrogens (tertiary/aromatic N) is 2. The quantitative estimate of drug-likeness (QED) is 0.795. The molecular formula is C14H21N3O3. The van der Waals surface area contributed by atoms with Gasteiger partial charge < -0.3 is 15.3 Å². The van der Waals surface area contributed by atoms with Crippen molar-refractivity contribution >= 4 is 17.7 Å². The largest absolute Gasteiger partial charge is 0.481 e. The lowest BCUT2D eigenvalue weighted by Crippen LogP contribution is -2.22. The summed E-state index contributed by atoms with van der Waals surface area (Å²) in [5.74, 6) is -0.177. The van der Waals surface area contributed by atoms with E-state index in [1.807, 2.05) is 6.92 Å². The first-order chi connectivity index (χ1) is 9.40. The summed E-state index contributed by atoms with van der Waals surface area (Å²) in [6.07, 6.45) is 3.09. The van der Waals surface area contributed by atoms with Gasteiger partial charge in [0, 0.05) is 32.8 Å². The highest BCUT2D eigenvalue weighted by Gasteiger charge is 2.09. The molecule has 0 saturated carbocycles. The maximum atomic E-state index is 11.7. The number of rotatable bonds is 7. The number of hydrogen-bond donors (Lipinski definition) is 2. The van der Waals surface area contributed by atoms with E-state index in [0.29, 0.717) is 17.8 Å². The molecule has 1 unspecified atom stereocenters. The fourth-order valence-corrected chi connectivity index (χ4v) is 1.75. The second kappa shape index (κ2) is 7.47. The van der Waals surface area contributed by atoms with Crippen molar-refractivity contribution in [3.63, 3.8) is 0 Å². The number of carbonyl (C=O) groups excluding carboxylic acids is 1. The van der Waals surface area contributed by atoms with Gasteiger partial charge in [-0.25, -0.2) is 4.98 Å². The van der Waals surface area contributed by atoms with Crippen molar-refractivity contribution in [3.05, 3.63) is 23.9 Å². The number of nitrogens with one attached hydrogen (secondary N) is 1. The van der Waals surface area contributed by atoms with Gasteiger partial charge in [0.1, 0.15) is 5.82 Å². The van der Waals surface area contributed by atoms with E-state index < -0.39 is 5.97 Å². The molecule has 0 bridgehead atoms. The summed E-state index contributed by atoms with van der Waals surface area (Å²) in [6.45, 7) is 1.97. The van der Waals surface area contributed by atoms with Gasteiger partial charge in [-0.05, 0) is 31.9 Å². The van der Waals surface area contributed by atoms with Gasteiger partial charge in [-0.2, -0.15) is 0 Å². The molecule has 0 radical (unpaired) electrons. The average molecular weight is 279 g/mol. The van der Waals surface area contributed by atoms with E-state index in [2.05, 4.69) is 10.3 Å². The number of aliphatic carboxylic acids is 1. The summed E-state index contributed by atoms with van der Waals surface area (Å²) in [7, 11) is 3.39. The Labute approximate surface area is 118 Å². The van der Waals surface area contributed by atoms with Crippen molar-refractivity contribution in [3.8, 4) is 0 Å². The second-order valence-corrected chi connectivity index (χ2v) is 4.96. The Bertz CT molecular complexity index is 457. The van der Waals surface area contributed by atoms with E-state index in [1.54, 1.807) is 26.2 Å². The van der Waals surface area contributed by atoms with Crippen LogP contribution in [0.25, 0.3) is 0 Å². The lowest BCUT2D eigenvalue weighted by molar-refractivity contribution is -0.137. The SMILES string of the molecule is CC(CCCC(=O)O)Nc1ccc(C(=O)N(C)C)cn1. The van der Waals surface area contributed by atoms with Crippen molar-refractivity contribution in [2.75, 3.05) is 19.4 Å². The van der Waals surface area contributed by atoms with Crippen LogP contribution in [0.15, 0.2) is 18.3 Å². The van der Waals surface area contributed by atoms with E-state index in [9.17, 15) is 9.59 Å². The molecule has 0 aliphatic carbocycles. The van der Waals surface area contributed by atoms with Gasteiger partial charge in [0.2, 0.25) is 0 Å². The second-order valence-electron chi connectivity index (χ2n) is 4.96. The molecule has 6 heteroatoms. The Hall–Kier alpha value is -2.11. The van der Waals surface area contributed by atoms with Crippen LogP contribution >= 0.6 is 0 Å². The van der Waals surface area contributed by atoms with E-state index in [0.717, 1.165) is 6.42 Å². The van der Waals surface area contributed by atoms with Gasteiger partial charge in [0.05, 0.1) is 5.56 Å². The van der Waals surface area contributed by atoms with Crippen LogP contribution in [0.1, 0.15) is 36.5 Å². The first-order valence-electron chi connectivity index (χ1n) is 6.56. The molecule has 110 valence electrons. The van der Waals surface area contributed by atoms with Crippen molar-refractivity contribution in [2.24, 2.45) is 0 Å². The van der Waals surface area contributed by atoms with Crippen LogP contribution in [0.3, 0.4) is 0 Å². The molecule has 0 aliphatic heterocycles. The van der Waals surface area contributed by atoms with Gasteiger partial charge in [0.25, 0.3) is 5.91 Å². The molecule has 0 aliphatic rings. The van der Waals surface area contributed by atoms with Crippen LogP contribution in [-0.2, 0) is 4.79 Å². The Morgan fingerprint density at radius 1 is 1.40 bits per heavy atom. The molecule has 0 saturated heterocycles. The number of aromatic nitrogens is 1. The van der Waals surface area contributed by atoms with Crippen LogP contribution in [0.2, 0.25) is 0 Å². The number of anilines is 1. The number of hydrogen-bond acceptors (Lipinski definition) is 4. The number of pyridine rings is 1. The Balaban J connectivity index is 2.48. The normalized spacial score (nSPS) is 11.8. The molecule has 2 N–H and O–H groups in total. The van der Waals surface area contributed by atoms with Crippen molar-refractivity contribution < 1.29 is 14.7 Å². The summed E-state index contributed by atoms with van der Waals surface area (Å²) < 4.78 is 0. The average Bonchev–Trinajstić information content (AvgIpc) is 2.38. The van der Waals surface area contributed by atoms with Crippen LogP contribution in [0.5, 0.6) is 0 Å². The van der Waals surface area contributed by atoms with Crippen molar-refractivity contribution in [1.29, 1.82) is 0 Å². The highest BCUT2D eigenvalue weighted by atomic mass is 16.4. The summed E-state index contributed by atoms with van der Waals surface area (Å²) >= 11 is 0. The van der Waals surface area contributed by atoms with Gasteiger partial charge in [-0.3, -0.25) is 9.59 Å². The standard InChI is InChI=1S/C14H21N3O3/c1-10(5-4-6-13(18)19)16-12-8-7-11(9-15-12)14(20)17(2)3/h7-10H,4-6H2,1-3H3,(H,15,16)(H,18,19). The first kappa shape index (κ1) is 15.9. The van der Waals surface area contributed by atoms with E-state index >= 15 is 0 Å². The first-order valence-corrected chi connectivity index (χ1v) is 6.56. The number of amides is 1. The van der Waals surface area contributed by atoms with Crippen molar-refractivity contribution in [1.82, 2.24) is 9.88 Å². The minimum atomic E-state index is -0.776. The van der Waals surface area contributed by atoms with Gasteiger partial charge in [0.15, 0.2) is 0 Å². The van der Waals surface area contributed by atoms with E-state index in [4.69, 9.17) is 5.11 Å². The zero-order valence-corrected chi connectivity index (χ0v) is 12.1. The van der Waals surface area contributed by atoms with Crippen LogP contribution in [0.4, 0.5) is 5.82 Å². The van der Waals surface area contributed by atoms with Gasteiger partial charge >= 0.3 is 5.97 Å². The third-order valence-electron chi connectivity index (χ3n) is 2.84. The Kier molecular flexibility index (Phi) is 5.96. The number of carboxylic acids is 1. The summed E-state index contributed by atoms with van der Waals surface area (Å²) in [6, 6.07) is 3.61. The summed E-state index contributed by atoms with van der Waals surface area (Å²) in [5.41, 5.74) is 0.541. The zero-order valence-electron chi connectivity index (χ0n) is 12.1. The number of carbonyl (C=O) groups is 2. The highest BCUT2D eigenvalue weighted by molar-refractivity contribution is 5.93. The minimum Gasteiger partial charge on any atom is -0.481 e. The zero-order chi connectivity index (χ0) is 15.1. The van der Waals surface area contributed by atoms with Crippen molar-refractivity contribution in [2.45, 2.75) is 32.2 Å². The predicted octanol–water partition coefficient (Wildman–Crippen LogP) is 1.84. The Morgan fingerprint density at radius 2 is 2.10 bits per heavy atom. The van der Waals surface area contributed by atoms with Crippen LogP contribution < -0.4 is 5.32 Å². The van der Waals surface area contributed by atoms with Gasteiger partial charge in [-0.15, -0.1) is 0 Å². The fraction of sp³-hybridized carbons (Fsp3) is 0.500. The molecule has 1 amide bonds. The number of carboxylic acid groups (broad SMARTS) is 1. The van der Waals surface area contributed by atoms with E-state index in [1.165, 1.54) is 11.1 Å². The predicted molar refractivity (Wildman–Crippen MR) is 76.8 cm³/mol. The van der Waals surface area contributed by atoms with Crippen LogP contribution in [-0.4, -0.2) is 47.0 Å². The summed E-state index contributed by atoms with van der Waals surface area (Å²) in [5, 5.41) is 11.8. The Morgan fingerprint density at radius 3 is 2.60 bits per heavy atom. The molecule has 6 nitrogen and oxygen atoms in total. The topological polar surface area (TPSA) is 82.5 Å². The van der Waals surface area contributed by atoms with Gasteiger partial charge in [-0.1, -0.05) is 0 Å². The highest BCUT2D eigenvalue weighted by Crippen LogP contribution is 2.10. The smallest absolute Gasteiger partial charge is 0.303 e. The molecule has 0 aromatic carbocycles. The maximum Gasteiger partial charge on any atom is 0.303 e. The minimum absolute atomic E-state index is 0.0847. The summed E-state index contributed by atoms with van der Waals surface area (Å²) in [4.78, 5) is 27.8. The van der Waals surface area contributed by atoms with E-state index in [-0.39, 0.29) is 18.4 Å². The fourth-order valence-electron chi connectivity index (χ4n) is 1.75. The third-order valence-corrected chi connectivity index (χ3v) is 2.84. The molecule has 1 aromatic rings. The molecule has 1 rings (SSSR count). The third kappa shape index (κ3) is 5.26. The maximum absolute atomic E-state index is 11.7. The molecule has 1 heterocycles. The molecule has 0 spiro atoms. The monoisotopic (exact) mass is 279 g/mol. The lowest BCUT2D eigenvalue weighted by Gasteiger charge is -2.14. The molecular weight excluding hydrogens is 258 g/mol. The molecule has 1 aromatic heterocycles. The molecule has 0 fully saturated rings. The molecule has 20 heavy (non-hydrogen) atoms. The lowest BCUT2D eigenvalue weighted by atomic mass is 10.1. The van der Waals surface area contributed by atoms with Crippen LogP contribution in [0, 0.1) is 0 Å². The molecule has 1 atom stereocenters.